The summed E-state index contributed by atoms with van der Waals surface area (Å²) < 4.78 is 43.5. The highest BCUT2D eigenvalue weighted by atomic mass is 32.2. The average molecular weight is 488 g/mol. The molecule has 2 aliphatic rings. The monoisotopic (exact) mass is 487 g/mol. The van der Waals surface area contributed by atoms with Gasteiger partial charge in [-0.05, 0) is 31.0 Å². The quantitative estimate of drug-likeness (QED) is 0.508. The SMILES string of the molecule is CC(F)Oc1cccc(-c2nn(C3CC(O)C3)c3cc(C(=O)CC4(C)CS(=O)(=O)C4)cnc23)c1. The molecule has 1 unspecified atom stereocenters. The van der Waals surface area contributed by atoms with Crippen molar-refractivity contribution in [3.05, 3.63) is 42.1 Å². The summed E-state index contributed by atoms with van der Waals surface area (Å²) >= 11 is 0. The number of aliphatic hydroxyl groups is 1. The van der Waals surface area contributed by atoms with Gasteiger partial charge in [0.15, 0.2) is 15.6 Å². The summed E-state index contributed by atoms with van der Waals surface area (Å²) in [6, 6.07) is 8.64. The van der Waals surface area contributed by atoms with Gasteiger partial charge in [0, 0.05) is 36.1 Å². The number of fused-ring (bicyclic) bond motifs is 1. The molecule has 1 saturated heterocycles. The Kier molecular flexibility index (Phi) is 5.48. The molecule has 8 nitrogen and oxygen atoms in total. The van der Waals surface area contributed by atoms with Crippen molar-refractivity contribution in [1.82, 2.24) is 14.8 Å². The fourth-order valence-corrected chi connectivity index (χ4v) is 7.16. The van der Waals surface area contributed by atoms with E-state index >= 15 is 0 Å². The largest absolute Gasteiger partial charge is 0.461 e. The fraction of sp³-hybridized carbons (Fsp3) is 0.458. The molecule has 0 spiro atoms. The van der Waals surface area contributed by atoms with Gasteiger partial charge in [0.1, 0.15) is 17.0 Å². The van der Waals surface area contributed by atoms with Gasteiger partial charge in [0.2, 0.25) is 6.36 Å². The summed E-state index contributed by atoms with van der Waals surface area (Å²) in [5.41, 5.74) is 2.36. The van der Waals surface area contributed by atoms with Gasteiger partial charge in [0.05, 0.1) is 29.2 Å². The number of alkyl halides is 1. The number of carbonyl (C=O) groups excluding carboxylic acids is 1. The number of rotatable bonds is 7. The number of ether oxygens (including phenoxy) is 1. The number of pyridine rings is 1. The maximum absolute atomic E-state index is 13.3. The Morgan fingerprint density at radius 1 is 1.32 bits per heavy atom. The van der Waals surface area contributed by atoms with E-state index in [0.29, 0.717) is 46.4 Å². The number of nitrogens with zero attached hydrogens (tertiary/aromatic N) is 3. The first-order valence-electron chi connectivity index (χ1n) is 11.2. The number of benzene rings is 1. The van der Waals surface area contributed by atoms with Crippen LogP contribution < -0.4 is 4.74 Å². The van der Waals surface area contributed by atoms with Gasteiger partial charge in [0.25, 0.3) is 0 Å². The molecule has 34 heavy (non-hydrogen) atoms. The summed E-state index contributed by atoms with van der Waals surface area (Å²) in [4.78, 5) is 17.5. The number of hydrogen-bond acceptors (Lipinski definition) is 7. The van der Waals surface area contributed by atoms with E-state index in [1.54, 1.807) is 28.9 Å². The van der Waals surface area contributed by atoms with Crippen LogP contribution in [0.15, 0.2) is 36.5 Å². The zero-order chi connectivity index (χ0) is 24.3. The van der Waals surface area contributed by atoms with Gasteiger partial charge in [-0.25, -0.2) is 12.8 Å². The Labute approximate surface area is 196 Å². The third kappa shape index (κ3) is 4.32. The normalized spacial score (nSPS) is 23.6. The molecular formula is C24H26FN3O5S. The highest BCUT2D eigenvalue weighted by Gasteiger charge is 2.45. The molecule has 1 N–H and O–H groups in total. The lowest BCUT2D eigenvalue weighted by atomic mass is 9.86. The van der Waals surface area contributed by atoms with Crippen LogP contribution in [0.5, 0.6) is 5.75 Å². The van der Waals surface area contributed by atoms with Gasteiger partial charge >= 0.3 is 0 Å². The summed E-state index contributed by atoms with van der Waals surface area (Å²) in [6.07, 6.45) is 0.869. The van der Waals surface area contributed by atoms with Crippen molar-refractivity contribution in [3.63, 3.8) is 0 Å². The minimum absolute atomic E-state index is 0.0133. The molecule has 1 aliphatic heterocycles. The molecule has 10 heteroatoms. The molecule has 1 aromatic carbocycles. The van der Waals surface area contributed by atoms with Crippen LogP contribution in [-0.2, 0) is 9.84 Å². The van der Waals surface area contributed by atoms with Crippen LogP contribution in [0, 0.1) is 5.41 Å². The number of sulfone groups is 1. The molecule has 180 valence electrons. The van der Waals surface area contributed by atoms with Crippen molar-refractivity contribution < 1.29 is 27.4 Å². The number of hydrogen-bond donors (Lipinski definition) is 1. The lowest BCUT2D eigenvalue weighted by molar-refractivity contribution is 0.0454. The Hall–Kier alpha value is -2.85. The van der Waals surface area contributed by atoms with Crippen molar-refractivity contribution in [2.45, 2.75) is 51.6 Å². The van der Waals surface area contributed by atoms with Crippen LogP contribution in [0.2, 0.25) is 0 Å². The zero-order valence-corrected chi connectivity index (χ0v) is 19.8. The summed E-state index contributed by atoms with van der Waals surface area (Å²) in [5, 5.41) is 14.6. The standard InChI is InChI=1S/C24H26FN3O5S/c1-14(25)33-19-5-3-4-15(6-19)22-23-20(28(27-22)17-8-18(29)9-17)7-16(11-26-23)21(30)10-24(2)12-34(31,32)13-24/h3-7,11,14,17-18,29H,8-10,12-13H2,1-2H3. The lowest BCUT2D eigenvalue weighted by Gasteiger charge is -2.37. The van der Waals surface area contributed by atoms with Crippen LogP contribution in [-0.4, -0.2) is 58.0 Å². The van der Waals surface area contributed by atoms with E-state index in [9.17, 15) is 22.7 Å². The van der Waals surface area contributed by atoms with E-state index in [2.05, 4.69) is 4.98 Å². The molecule has 0 amide bonds. The molecule has 2 aromatic heterocycles. The van der Waals surface area contributed by atoms with Crippen LogP contribution in [0.4, 0.5) is 4.39 Å². The van der Waals surface area contributed by atoms with E-state index in [-0.39, 0.29) is 29.8 Å². The Balaban J connectivity index is 1.52. The predicted molar refractivity (Wildman–Crippen MR) is 124 cm³/mol. The molecule has 0 bridgehead atoms. The molecule has 1 aliphatic carbocycles. The molecule has 0 radical (unpaired) electrons. The van der Waals surface area contributed by atoms with Crippen molar-refractivity contribution in [3.8, 4) is 17.0 Å². The first-order chi connectivity index (χ1) is 16.0. The average Bonchev–Trinajstić information content (AvgIpc) is 3.08. The number of aromatic nitrogens is 3. The second-order valence-electron chi connectivity index (χ2n) is 9.80. The molecule has 3 heterocycles. The first kappa shape index (κ1) is 22.9. The maximum Gasteiger partial charge on any atom is 0.235 e. The Morgan fingerprint density at radius 2 is 2.06 bits per heavy atom. The van der Waals surface area contributed by atoms with Crippen LogP contribution in [0.3, 0.4) is 0 Å². The molecule has 1 atom stereocenters. The van der Waals surface area contributed by atoms with Crippen molar-refractivity contribution in [1.29, 1.82) is 0 Å². The van der Waals surface area contributed by atoms with Crippen molar-refractivity contribution in [2.24, 2.45) is 5.41 Å². The topological polar surface area (TPSA) is 111 Å². The van der Waals surface area contributed by atoms with E-state index in [1.165, 1.54) is 13.1 Å². The smallest absolute Gasteiger partial charge is 0.235 e. The number of ketones is 1. The third-order valence-electron chi connectivity index (χ3n) is 6.43. The Bertz CT molecular complexity index is 1370. The highest BCUT2D eigenvalue weighted by molar-refractivity contribution is 7.92. The molecular weight excluding hydrogens is 461 g/mol. The highest BCUT2D eigenvalue weighted by Crippen LogP contribution is 2.39. The zero-order valence-electron chi connectivity index (χ0n) is 18.9. The van der Waals surface area contributed by atoms with Crippen LogP contribution in [0.25, 0.3) is 22.3 Å². The van der Waals surface area contributed by atoms with Crippen molar-refractivity contribution >= 4 is 26.7 Å². The van der Waals surface area contributed by atoms with E-state index in [1.807, 2.05) is 13.0 Å². The summed E-state index contributed by atoms with van der Waals surface area (Å²) in [7, 11) is -3.05. The van der Waals surface area contributed by atoms with Gasteiger partial charge in [-0.1, -0.05) is 19.1 Å². The van der Waals surface area contributed by atoms with E-state index < -0.39 is 27.7 Å². The van der Waals surface area contributed by atoms with Gasteiger partial charge in [-0.15, -0.1) is 0 Å². The summed E-state index contributed by atoms with van der Waals surface area (Å²) in [6.45, 7) is 3.11. The maximum atomic E-state index is 13.3. The molecule has 1 saturated carbocycles. The van der Waals surface area contributed by atoms with Gasteiger partial charge in [-0.3, -0.25) is 14.5 Å². The number of aliphatic hydroxyl groups excluding tert-OH is 1. The van der Waals surface area contributed by atoms with Gasteiger partial charge < -0.3 is 9.84 Å². The number of halogens is 1. The van der Waals surface area contributed by atoms with Crippen LogP contribution in [0.1, 0.15) is 49.5 Å². The van der Waals surface area contributed by atoms with Gasteiger partial charge in [-0.2, -0.15) is 5.10 Å². The lowest BCUT2D eigenvalue weighted by Crippen LogP contribution is -2.47. The Morgan fingerprint density at radius 3 is 2.71 bits per heavy atom. The predicted octanol–water partition coefficient (Wildman–Crippen LogP) is 3.50. The van der Waals surface area contributed by atoms with Crippen LogP contribution >= 0.6 is 0 Å². The second-order valence-corrected chi connectivity index (χ2v) is 11.9. The number of Topliss-reactive ketones (excluding diaryl/α,β-unsaturated/α-hetero) is 1. The fourth-order valence-electron chi connectivity index (χ4n) is 4.92. The second kappa shape index (κ2) is 8.13. The first-order valence-corrected chi connectivity index (χ1v) is 13.1. The molecule has 3 aromatic rings. The third-order valence-corrected chi connectivity index (χ3v) is 8.71. The minimum atomic E-state index is -3.05. The molecule has 5 rings (SSSR count). The van der Waals surface area contributed by atoms with Crippen molar-refractivity contribution in [2.75, 3.05) is 11.5 Å². The minimum Gasteiger partial charge on any atom is -0.461 e. The van der Waals surface area contributed by atoms with E-state index in [0.717, 1.165) is 0 Å². The molecule has 2 fully saturated rings. The number of carbonyl (C=O) groups is 1. The van der Waals surface area contributed by atoms with E-state index in [4.69, 9.17) is 9.84 Å². The summed E-state index contributed by atoms with van der Waals surface area (Å²) in [5.74, 6) is 0.227.